The number of carbonyl (C=O) groups is 2. The van der Waals surface area contributed by atoms with Crippen molar-refractivity contribution in [2.24, 2.45) is 23.7 Å². The predicted molar refractivity (Wildman–Crippen MR) is 246 cm³/mol. The summed E-state index contributed by atoms with van der Waals surface area (Å²) in [6.45, 7) is 18.4. The van der Waals surface area contributed by atoms with E-state index < -0.39 is 0 Å². The Morgan fingerprint density at radius 3 is 1.39 bits per heavy atom. The van der Waals surface area contributed by atoms with Gasteiger partial charge in [0.25, 0.3) is 0 Å². The lowest BCUT2D eigenvalue weighted by Gasteiger charge is -2.27. The van der Waals surface area contributed by atoms with Crippen molar-refractivity contribution in [2.75, 3.05) is 13.2 Å². The summed E-state index contributed by atoms with van der Waals surface area (Å²) in [6.07, 6.45) is 6.02. The number of aryl methyl sites for hydroxylation is 2. The van der Waals surface area contributed by atoms with Gasteiger partial charge in [-0.3, -0.25) is 9.59 Å². The maximum Gasteiger partial charge on any atom is 0.310 e. The second-order valence-corrected chi connectivity index (χ2v) is 24.4. The van der Waals surface area contributed by atoms with Gasteiger partial charge in [-0.2, -0.15) is 0 Å². The number of hydrogen-bond donors (Lipinski definition) is 0. The third-order valence-electron chi connectivity index (χ3n) is 11.1. The van der Waals surface area contributed by atoms with Crippen LogP contribution in [0.3, 0.4) is 0 Å². The van der Waals surface area contributed by atoms with Gasteiger partial charge in [0.2, 0.25) is 0 Å². The Labute approximate surface area is 361 Å². The van der Waals surface area contributed by atoms with E-state index in [4.69, 9.17) is 9.47 Å². The number of rotatable bonds is 12. The van der Waals surface area contributed by atoms with E-state index in [-0.39, 0.29) is 47.4 Å². The first kappa shape index (κ1) is 40.7. The molecule has 6 aromatic heterocycles. The van der Waals surface area contributed by atoms with Crippen LogP contribution in [0.5, 0.6) is 0 Å². The van der Waals surface area contributed by atoms with Gasteiger partial charge in [0.1, 0.15) is 0 Å². The third-order valence-corrected chi connectivity index (χ3v) is 19.2. The van der Waals surface area contributed by atoms with Crippen molar-refractivity contribution < 1.29 is 19.1 Å². The quantitative estimate of drug-likeness (QED) is 0.0908. The molecule has 0 aromatic carbocycles. The highest BCUT2D eigenvalue weighted by Gasteiger charge is 2.45. The van der Waals surface area contributed by atoms with Crippen LogP contribution >= 0.6 is 68.0 Å². The van der Waals surface area contributed by atoms with E-state index in [1.54, 1.807) is 45.3 Å². The van der Waals surface area contributed by atoms with Crippen molar-refractivity contribution >= 4 is 80.0 Å². The third kappa shape index (κ3) is 8.92. The summed E-state index contributed by atoms with van der Waals surface area (Å²) in [7, 11) is 0. The van der Waals surface area contributed by atoms with Crippen molar-refractivity contribution in [1.29, 1.82) is 0 Å². The molecular weight excluding hydrogens is 821 g/mol. The molecule has 0 spiro atoms. The fourth-order valence-corrected chi connectivity index (χ4v) is 14.6. The molecule has 2 bridgehead atoms. The maximum absolute atomic E-state index is 13.6. The minimum absolute atomic E-state index is 0.0631. The van der Waals surface area contributed by atoms with E-state index in [1.807, 2.05) is 22.7 Å². The van der Waals surface area contributed by atoms with E-state index in [0.717, 1.165) is 27.3 Å². The van der Waals surface area contributed by atoms with E-state index in [9.17, 15) is 9.59 Å². The van der Waals surface area contributed by atoms with Crippen molar-refractivity contribution in [2.45, 2.75) is 85.5 Å². The van der Waals surface area contributed by atoms with Crippen LogP contribution in [0, 0.1) is 37.5 Å². The molecule has 0 radical (unpaired) electrons. The molecule has 0 saturated heterocycles. The van der Waals surface area contributed by atoms with Crippen LogP contribution in [0.4, 0.5) is 0 Å². The first-order valence-electron chi connectivity index (χ1n) is 19.7. The molecule has 0 N–H and O–H groups in total. The molecule has 10 heteroatoms. The topological polar surface area (TPSA) is 52.6 Å². The highest BCUT2D eigenvalue weighted by molar-refractivity contribution is 7.27. The molecule has 4 unspecified atom stereocenters. The molecule has 0 amide bonds. The number of esters is 2. The normalized spacial score (nSPS) is 19.2. The first-order valence-corrected chi connectivity index (χ1v) is 24.6. The molecule has 1 saturated carbocycles. The van der Waals surface area contributed by atoms with Gasteiger partial charge in [-0.15, -0.1) is 68.0 Å². The van der Waals surface area contributed by atoms with Crippen LogP contribution in [0.2, 0.25) is 0 Å². The predicted octanol–water partition coefficient (Wildman–Crippen LogP) is 14.2. The van der Waals surface area contributed by atoms with E-state index in [0.29, 0.717) is 25.0 Å². The Balaban J connectivity index is 0.935. The number of hydrogen-bond acceptors (Lipinski definition) is 10. The molecule has 298 valence electrons. The Morgan fingerprint density at radius 2 is 0.947 bits per heavy atom. The lowest BCUT2D eigenvalue weighted by molar-refractivity contribution is -0.149. The summed E-state index contributed by atoms with van der Waals surface area (Å²) in [4.78, 5) is 42.0. The second-order valence-electron chi connectivity index (χ2n) is 17.6. The van der Waals surface area contributed by atoms with E-state index in [2.05, 4.69) is 128 Å². The summed E-state index contributed by atoms with van der Waals surface area (Å²) < 4.78 is 12.2. The van der Waals surface area contributed by atoms with Crippen LogP contribution in [0.1, 0.15) is 78.6 Å². The van der Waals surface area contributed by atoms with Gasteiger partial charge < -0.3 is 9.47 Å². The smallest absolute Gasteiger partial charge is 0.310 e. The van der Waals surface area contributed by atoms with Crippen LogP contribution in [0.25, 0.3) is 39.0 Å². The molecule has 4 nitrogen and oxygen atoms in total. The summed E-state index contributed by atoms with van der Waals surface area (Å²) in [5.41, 5.74) is 2.20. The first-order chi connectivity index (χ1) is 27.1. The molecule has 2 aliphatic rings. The van der Waals surface area contributed by atoms with Gasteiger partial charge in [0.05, 0.1) is 26.1 Å². The largest absolute Gasteiger partial charge is 0.465 e. The summed E-state index contributed by atoms with van der Waals surface area (Å²) >= 11 is 10.7. The van der Waals surface area contributed by atoms with Gasteiger partial charge in [0, 0.05) is 70.4 Å². The van der Waals surface area contributed by atoms with Crippen LogP contribution in [-0.2, 0) is 42.7 Å². The van der Waals surface area contributed by atoms with Gasteiger partial charge >= 0.3 is 11.9 Å². The van der Waals surface area contributed by atoms with E-state index >= 15 is 0 Å². The van der Waals surface area contributed by atoms with Gasteiger partial charge in [-0.05, 0) is 115 Å². The van der Waals surface area contributed by atoms with Crippen LogP contribution < -0.4 is 0 Å². The monoisotopic (exact) mass is 870 g/mol. The standard InChI is InChI=1S/C47H50O4S6/c1-26-9-13-34(52-26)38-20-31(45(56-38)37-16-18-41(55-37)47(6,7)8)23-43(49)51-25-33-29-12-11-28(19-29)32(33)24-50-42(48)22-30-21-39(35-15-17-40(54-35)46(3,4)5)57-44(30)36-14-10-27(2)53-36/h9-18,20-21,28-29,32-33H,19,22-25H2,1-8H3. The molecule has 8 rings (SSSR count). The van der Waals surface area contributed by atoms with Crippen molar-refractivity contribution in [3.8, 4) is 39.0 Å². The average molecular weight is 871 g/mol. The van der Waals surface area contributed by atoms with Crippen molar-refractivity contribution in [3.63, 3.8) is 0 Å². The summed E-state index contributed by atoms with van der Waals surface area (Å²) in [6, 6.07) is 21.9. The average Bonchev–Trinajstić information content (AvgIpc) is 3.98. The molecule has 0 aliphatic heterocycles. The Kier molecular flexibility index (Phi) is 11.5. The highest BCUT2D eigenvalue weighted by Crippen LogP contribution is 2.49. The number of allylic oxidation sites excluding steroid dienone is 2. The van der Waals surface area contributed by atoms with Crippen LogP contribution in [-0.4, -0.2) is 25.2 Å². The molecule has 57 heavy (non-hydrogen) atoms. The zero-order chi connectivity index (χ0) is 40.2. The highest BCUT2D eigenvalue weighted by atomic mass is 32.1. The minimum atomic E-state index is -0.206. The number of fused-ring (bicyclic) bond motifs is 2. The Hall–Kier alpha value is -3.12. The van der Waals surface area contributed by atoms with Crippen molar-refractivity contribution in [3.05, 3.63) is 103 Å². The molecule has 6 aromatic rings. The number of ether oxygens (including phenoxy) is 2. The zero-order valence-electron chi connectivity index (χ0n) is 33.9. The van der Waals surface area contributed by atoms with Gasteiger partial charge in [-0.25, -0.2) is 0 Å². The zero-order valence-corrected chi connectivity index (χ0v) is 38.8. The number of thiophene rings is 6. The molecule has 1 fully saturated rings. The molecule has 2 aliphatic carbocycles. The second kappa shape index (κ2) is 16.1. The summed E-state index contributed by atoms with van der Waals surface area (Å²) in [5.74, 6) is 0.504. The lowest BCUT2D eigenvalue weighted by atomic mass is 9.84. The van der Waals surface area contributed by atoms with Crippen molar-refractivity contribution in [1.82, 2.24) is 0 Å². The fraction of sp³-hybridized carbons (Fsp3) is 0.404. The van der Waals surface area contributed by atoms with Gasteiger partial charge in [0.15, 0.2) is 0 Å². The molecular formula is C47H50O4S6. The molecule has 4 atom stereocenters. The van der Waals surface area contributed by atoms with Gasteiger partial charge in [-0.1, -0.05) is 53.7 Å². The SMILES string of the molecule is Cc1ccc(-c2cc(CC(=O)OCC3C4C=CC(C4)C3COC(=O)Cc3cc(-c4ccc(C(C)(C)C)s4)sc3-c3ccc(C)s3)c(-c3ccc(C(C)(C)C)s3)s2)s1. The van der Waals surface area contributed by atoms with Crippen LogP contribution in [0.15, 0.2) is 72.8 Å². The Bertz CT molecular complexity index is 2430. The minimum Gasteiger partial charge on any atom is -0.465 e. The summed E-state index contributed by atoms with van der Waals surface area (Å²) in [5, 5.41) is 0. The molecule has 6 heterocycles. The lowest BCUT2D eigenvalue weighted by Crippen LogP contribution is -2.30. The maximum atomic E-state index is 13.6. The number of carbonyl (C=O) groups excluding carboxylic acids is 2. The Morgan fingerprint density at radius 1 is 0.544 bits per heavy atom. The fourth-order valence-electron chi connectivity index (χ4n) is 7.95. The van der Waals surface area contributed by atoms with E-state index in [1.165, 1.54) is 48.8 Å².